The minimum Gasteiger partial charge on any atom is -0.458 e. The summed E-state index contributed by atoms with van der Waals surface area (Å²) in [6, 6.07) is 0. The molecule has 30 heavy (non-hydrogen) atoms. The molecule has 0 unspecified atom stereocenters. The van der Waals surface area contributed by atoms with Gasteiger partial charge in [0.05, 0.1) is 17.6 Å². The van der Waals surface area contributed by atoms with Gasteiger partial charge >= 0.3 is 17.9 Å². The van der Waals surface area contributed by atoms with Crippen molar-refractivity contribution in [3.8, 4) is 0 Å². The van der Waals surface area contributed by atoms with Crippen LogP contribution in [-0.2, 0) is 33.3 Å². The number of ether oxygens (including phenoxy) is 4. The zero-order chi connectivity index (χ0) is 22.4. The summed E-state index contributed by atoms with van der Waals surface area (Å²) in [5, 5.41) is 0. The highest BCUT2D eigenvalue weighted by Crippen LogP contribution is 2.48. The molecule has 0 aromatic heterocycles. The first-order valence-corrected chi connectivity index (χ1v) is 9.92. The molecule has 0 aromatic rings. The number of carbonyl (C=O) groups excluding carboxylic acids is 3. The maximum absolute atomic E-state index is 12.3. The fraction of sp³-hybridized carbons (Fsp3) is 0.522. The van der Waals surface area contributed by atoms with E-state index in [0.717, 1.165) is 0 Å². The molecule has 2 aliphatic heterocycles. The van der Waals surface area contributed by atoms with Crippen LogP contribution in [0.1, 0.15) is 40.5 Å². The summed E-state index contributed by atoms with van der Waals surface area (Å²) in [5.41, 5.74) is 0.912. The maximum atomic E-state index is 12.3. The van der Waals surface area contributed by atoms with Crippen LogP contribution < -0.4 is 0 Å². The van der Waals surface area contributed by atoms with Crippen LogP contribution in [-0.4, -0.2) is 47.9 Å². The molecule has 0 amide bonds. The smallest absolute Gasteiger partial charge is 0.334 e. The summed E-state index contributed by atoms with van der Waals surface area (Å²) < 4.78 is 22.8. The van der Waals surface area contributed by atoms with E-state index >= 15 is 0 Å². The third-order valence-electron chi connectivity index (χ3n) is 5.87. The van der Waals surface area contributed by atoms with Crippen molar-refractivity contribution >= 4 is 17.9 Å². The molecule has 7 nitrogen and oxygen atoms in total. The van der Waals surface area contributed by atoms with E-state index in [4.69, 9.17) is 18.9 Å². The lowest BCUT2D eigenvalue weighted by Gasteiger charge is -2.29. The summed E-state index contributed by atoms with van der Waals surface area (Å²) in [4.78, 5) is 36.7. The molecule has 0 saturated carbocycles. The monoisotopic (exact) mass is 416 g/mol. The molecule has 162 valence electrons. The van der Waals surface area contributed by atoms with Crippen molar-refractivity contribution in [1.82, 2.24) is 0 Å². The second-order valence-electron chi connectivity index (χ2n) is 8.59. The molecule has 2 saturated heterocycles. The van der Waals surface area contributed by atoms with Crippen molar-refractivity contribution in [3.05, 3.63) is 48.1 Å². The Balaban J connectivity index is 1.98. The molecule has 0 bridgehead atoms. The number of epoxide rings is 1. The summed E-state index contributed by atoms with van der Waals surface area (Å²) in [6.45, 7) is 18.0. The number of rotatable bonds is 4. The van der Waals surface area contributed by atoms with Gasteiger partial charge in [-0.1, -0.05) is 19.7 Å². The van der Waals surface area contributed by atoms with E-state index < -0.39 is 47.7 Å². The van der Waals surface area contributed by atoms with Crippen molar-refractivity contribution in [1.29, 1.82) is 0 Å². The summed E-state index contributed by atoms with van der Waals surface area (Å²) in [6.07, 6.45) is 0.405. The fourth-order valence-electron chi connectivity index (χ4n) is 3.95. The van der Waals surface area contributed by atoms with Gasteiger partial charge in [0, 0.05) is 29.6 Å². The van der Waals surface area contributed by atoms with Gasteiger partial charge in [-0.05, 0) is 39.3 Å². The van der Waals surface area contributed by atoms with E-state index in [1.54, 1.807) is 26.8 Å². The van der Waals surface area contributed by atoms with Gasteiger partial charge in [0.2, 0.25) is 0 Å². The first kappa shape index (κ1) is 22.0. The Morgan fingerprint density at radius 2 is 1.77 bits per heavy atom. The predicted octanol–water partition coefficient (Wildman–Crippen LogP) is 2.96. The zero-order valence-corrected chi connectivity index (χ0v) is 17.9. The SMILES string of the molecule is C=C(C)C(=O)O[C@H]1C[C@H]2O[C@]2(C)C[C@@H](OC(=O)C(=C)C)[C@H]2C(=C)C(=O)O[C@@H]2/C=C\1C. The lowest BCUT2D eigenvalue weighted by molar-refractivity contribution is -0.149. The Morgan fingerprint density at radius 3 is 2.37 bits per heavy atom. The van der Waals surface area contributed by atoms with Gasteiger partial charge in [-0.15, -0.1) is 0 Å². The van der Waals surface area contributed by atoms with E-state index in [0.29, 0.717) is 24.0 Å². The third-order valence-corrected chi connectivity index (χ3v) is 5.87. The van der Waals surface area contributed by atoms with Crippen molar-refractivity contribution in [2.24, 2.45) is 5.92 Å². The Morgan fingerprint density at radius 1 is 1.17 bits per heavy atom. The Kier molecular flexibility index (Phi) is 5.78. The van der Waals surface area contributed by atoms with Gasteiger partial charge in [0.1, 0.15) is 18.3 Å². The molecule has 6 atom stereocenters. The van der Waals surface area contributed by atoms with Gasteiger partial charge in [0.15, 0.2) is 0 Å². The molecule has 1 aliphatic carbocycles. The van der Waals surface area contributed by atoms with Gasteiger partial charge in [-0.3, -0.25) is 0 Å². The Hall–Kier alpha value is -2.67. The lowest BCUT2D eigenvalue weighted by atomic mass is 9.82. The van der Waals surface area contributed by atoms with Crippen LogP contribution in [0.2, 0.25) is 0 Å². The van der Waals surface area contributed by atoms with E-state index in [1.165, 1.54) is 0 Å². The highest BCUT2D eigenvalue weighted by Gasteiger charge is 2.58. The van der Waals surface area contributed by atoms with Crippen molar-refractivity contribution in [2.45, 2.75) is 70.6 Å². The van der Waals surface area contributed by atoms with Gasteiger partial charge in [0.25, 0.3) is 0 Å². The normalized spacial score (nSPS) is 36.9. The molecule has 7 heteroatoms. The summed E-state index contributed by atoms with van der Waals surface area (Å²) in [7, 11) is 0. The number of hydrogen-bond donors (Lipinski definition) is 0. The van der Waals surface area contributed by atoms with E-state index in [2.05, 4.69) is 19.7 Å². The third kappa shape index (κ3) is 4.26. The van der Waals surface area contributed by atoms with Crippen molar-refractivity contribution < 1.29 is 33.3 Å². The number of hydrogen-bond acceptors (Lipinski definition) is 7. The highest BCUT2D eigenvalue weighted by atomic mass is 16.6. The van der Waals surface area contributed by atoms with E-state index in [-0.39, 0.29) is 17.3 Å². The van der Waals surface area contributed by atoms with Crippen LogP contribution >= 0.6 is 0 Å². The molecule has 3 aliphatic rings. The standard InChI is InChI=1S/C23H28O7/c1-11(2)20(24)27-15-9-18-23(7,30-18)10-17(29-21(25)12(3)4)19-14(6)22(26)28-16(19)8-13(15)5/h8,15-19H,1,3,6,9-10H2,2,4-5,7H3/b13-8-/t15-,16+,17+,18+,19-,23+/m0/s1. The first-order chi connectivity index (χ1) is 13.9. The van der Waals surface area contributed by atoms with Gasteiger partial charge in [-0.2, -0.15) is 0 Å². The van der Waals surface area contributed by atoms with Crippen LogP contribution in [0.3, 0.4) is 0 Å². The van der Waals surface area contributed by atoms with Crippen molar-refractivity contribution in [2.75, 3.05) is 0 Å². The van der Waals surface area contributed by atoms with Crippen LogP contribution in [0.4, 0.5) is 0 Å². The van der Waals surface area contributed by atoms with Gasteiger partial charge in [-0.25, -0.2) is 14.4 Å². The topological polar surface area (TPSA) is 91.4 Å². The molecular weight excluding hydrogens is 388 g/mol. The van der Waals surface area contributed by atoms with E-state index in [9.17, 15) is 14.4 Å². The first-order valence-electron chi connectivity index (χ1n) is 9.92. The molecular formula is C23H28O7. The van der Waals surface area contributed by atoms with Crippen LogP contribution in [0.5, 0.6) is 0 Å². The average molecular weight is 416 g/mol. The Bertz CT molecular complexity index is 867. The van der Waals surface area contributed by atoms with E-state index in [1.807, 2.05) is 6.92 Å². The number of carbonyl (C=O) groups is 3. The molecule has 0 spiro atoms. The molecule has 0 radical (unpaired) electrons. The highest BCUT2D eigenvalue weighted by molar-refractivity contribution is 5.92. The minimum atomic E-state index is -0.696. The largest absolute Gasteiger partial charge is 0.458 e. The Labute approximate surface area is 176 Å². The molecule has 3 rings (SSSR count). The lowest BCUT2D eigenvalue weighted by Crippen LogP contribution is -2.38. The predicted molar refractivity (Wildman–Crippen MR) is 108 cm³/mol. The summed E-state index contributed by atoms with van der Waals surface area (Å²) in [5.74, 6) is -2.16. The van der Waals surface area contributed by atoms with Crippen molar-refractivity contribution in [3.63, 3.8) is 0 Å². The minimum absolute atomic E-state index is 0.197. The molecule has 2 heterocycles. The average Bonchev–Trinajstić information content (AvgIpc) is 3.18. The second kappa shape index (κ2) is 7.87. The van der Waals surface area contributed by atoms with Crippen LogP contribution in [0.25, 0.3) is 0 Å². The fourth-order valence-corrected chi connectivity index (χ4v) is 3.95. The number of fused-ring (bicyclic) bond motifs is 2. The number of esters is 3. The molecule has 0 N–H and O–H groups in total. The quantitative estimate of drug-likeness (QED) is 0.229. The zero-order valence-electron chi connectivity index (χ0n) is 17.9. The van der Waals surface area contributed by atoms with Gasteiger partial charge < -0.3 is 18.9 Å². The van der Waals surface area contributed by atoms with Crippen LogP contribution in [0.15, 0.2) is 48.1 Å². The van der Waals surface area contributed by atoms with Crippen LogP contribution in [0, 0.1) is 5.92 Å². The maximum Gasteiger partial charge on any atom is 0.334 e. The molecule has 0 aromatic carbocycles. The summed E-state index contributed by atoms with van der Waals surface area (Å²) >= 11 is 0. The molecule has 2 fully saturated rings. The second-order valence-corrected chi connectivity index (χ2v) is 8.59.